The van der Waals surface area contributed by atoms with Gasteiger partial charge >= 0.3 is 0 Å². The Morgan fingerprint density at radius 2 is 1.93 bits per heavy atom. The first-order valence-corrected chi connectivity index (χ1v) is 12.7. The molecule has 28 heavy (non-hydrogen) atoms. The Morgan fingerprint density at radius 3 is 2.57 bits per heavy atom. The van der Waals surface area contributed by atoms with Crippen LogP contribution in [0, 0.1) is 23.7 Å². The van der Waals surface area contributed by atoms with Gasteiger partial charge in [-0.05, 0) is 37.0 Å². The molecule has 0 saturated heterocycles. The summed E-state index contributed by atoms with van der Waals surface area (Å²) < 4.78 is 6.63. The predicted octanol–water partition coefficient (Wildman–Crippen LogP) is 4.78. The van der Waals surface area contributed by atoms with Crippen LogP contribution in [0.1, 0.15) is 57.3 Å². The van der Waals surface area contributed by atoms with E-state index in [1.165, 1.54) is 0 Å². The third kappa shape index (κ3) is 5.69. The number of hydrogen-bond acceptors (Lipinski definition) is 3. The van der Waals surface area contributed by atoms with Gasteiger partial charge < -0.3 is 9.53 Å². The van der Waals surface area contributed by atoms with Crippen LogP contribution in [0.2, 0.25) is 18.1 Å². The first-order valence-electron chi connectivity index (χ1n) is 9.77. The predicted molar refractivity (Wildman–Crippen MR) is 116 cm³/mol. The largest absolute Gasteiger partial charge is 0.399 e. The monoisotopic (exact) mass is 394 g/mol. The van der Waals surface area contributed by atoms with Crippen molar-refractivity contribution in [3.05, 3.63) is 47.0 Å². The van der Waals surface area contributed by atoms with Gasteiger partial charge in [0.25, 0.3) is 0 Å². The zero-order valence-electron chi connectivity index (χ0n) is 17.6. The van der Waals surface area contributed by atoms with Crippen molar-refractivity contribution < 1.29 is 14.3 Å². The summed E-state index contributed by atoms with van der Waals surface area (Å²) in [5.41, 5.74) is 2.26. The van der Waals surface area contributed by atoms with E-state index in [-0.39, 0.29) is 17.4 Å². The summed E-state index contributed by atoms with van der Waals surface area (Å²) in [6, 6.07) is 7.72. The maximum atomic E-state index is 12.1. The third-order valence-electron chi connectivity index (χ3n) is 5.36. The molecule has 0 saturated carbocycles. The van der Waals surface area contributed by atoms with E-state index >= 15 is 0 Å². The highest BCUT2D eigenvalue weighted by Gasteiger charge is 2.39. The Hall–Kier alpha value is -2.11. The fourth-order valence-corrected chi connectivity index (χ4v) is 3.77. The number of carbonyl (C=O) groups is 1. The Kier molecular flexibility index (Phi) is 7.44. The molecule has 2 rings (SSSR count). The van der Waals surface area contributed by atoms with E-state index in [1.807, 2.05) is 30.3 Å². The highest BCUT2D eigenvalue weighted by Crippen LogP contribution is 2.40. The molecule has 1 N–H and O–H groups in total. The SMILES string of the molecule is CC(C)(C)[Si](C)(C)OC(C#CC1=CCCCC1=O)c1ccccc1C#CCO. The molecule has 0 spiro atoms. The standard InChI is InChI=1S/C24H30O3Si/c1-24(2,3)28(4,5)27-23(17-16-20-12-7-9-15-22(20)26)21-14-8-6-11-19(21)13-10-18-25/h6,8,11-12,14,23,25H,7,9,15,18H2,1-5H3. The zero-order chi connectivity index (χ0) is 20.8. The number of benzene rings is 1. The molecule has 0 amide bonds. The van der Waals surface area contributed by atoms with Crippen LogP contribution in [-0.4, -0.2) is 25.8 Å². The van der Waals surface area contributed by atoms with Gasteiger partial charge in [0.15, 0.2) is 14.1 Å². The van der Waals surface area contributed by atoms with E-state index < -0.39 is 14.4 Å². The molecular weight excluding hydrogens is 364 g/mol. The zero-order valence-corrected chi connectivity index (χ0v) is 18.6. The van der Waals surface area contributed by atoms with Crippen molar-refractivity contribution in [3.8, 4) is 23.7 Å². The fraction of sp³-hybridized carbons (Fsp3) is 0.458. The molecule has 1 atom stereocenters. The summed E-state index contributed by atoms with van der Waals surface area (Å²) in [5, 5.41) is 9.11. The van der Waals surface area contributed by atoms with Crippen molar-refractivity contribution in [2.75, 3.05) is 6.61 Å². The second-order valence-corrected chi connectivity index (χ2v) is 13.3. The van der Waals surface area contributed by atoms with E-state index in [9.17, 15) is 4.79 Å². The number of ketones is 1. The van der Waals surface area contributed by atoms with Crippen LogP contribution in [0.3, 0.4) is 0 Å². The first-order chi connectivity index (χ1) is 13.2. The van der Waals surface area contributed by atoms with E-state index in [4.69, 9.17) is 9.53 Å². The molecule has 1 aromatic carbocycles. The summed E-state index contributed by atoms with van der Waals surface area (Å²) in [6.45, 7) is 10.7. The molecule has 0 radical (unpaired) electrons. The topological polar surface area (TPSA) is 46.5 Å². The van der Waals surface area contributed by atoms with Crippen LogP contribution < -0.4 is 0 Å². The average Bonchev–Trinajstić information content (AvgIpc) is 2.64. The molecule has 0 aromatic heterocycles. The lowest BCUT2D eigenvalue weighted by atomic mass is 9.97. The summed E-state index contributed by atoms with van der Waals surface area (Å²) in [7, 11) is -2.11. The van der Waals surface area contributed by atoms with Crippen molar-refractivity contribution in [3.63, 3.8) is 0 Å². The molecule has 148 valence electrons. The number of Topliss-reactive ketones (excluding diaryl/α,β-unsaturated/α-hetero) is 1. The minimum absolute atomic E-state index is 0.0264. The van der Waals surface area contributed by atoms with Crippen LogP contribution in [-0.2, 0) is 9.22 Å². The van der Waals surface area contributed by atoms with Gasteiger partial charge in [0.2, 0.25) is 0 Å². The van der Waals surface area contributed by atoms with Gasteiger partial charge in [0.1, 0.15) is 12.7 Å². The highest BCUT2D eigenvalue weighted by molar-refractivity contribution is 6.74. The van der Waals surface area contributed by atoms with Gasteiger partial charge in [-0.3, -0.25) is 4.79 Å². The second-order valence-electron chi connectivity index (χ2n) is 8.51. The van der Waals surface area contributed by atoms with Gasteiger partial charge in [-0.25, -0.2) is 0 Å². The molecular formula is C24H30O3Si. The smallest absolute Gasteiger partial charge is 0.194 e. The maximum absolute atomic E-state index is 12.1. The number of hydrogen-bond donors (Lipinski definition) is 1. The maximum Gasteiger partial charge on any atom is 0.194 e. The summed E-state index contributed by atoms with van der Waals surface area (Å²) in [6.07, 6.45) is 3.81. The summed E-state index contributed by atoms with van der Waals surface area (Å²) >= 11 is 0. The molecule has 0 aliphatic heterocycles. The van der Waals surface area contributed by atoms with E-state index in [0.29, 0.717) is 12.0 Å². The minimum Gasteiger partial charge on any atom is -0.399 e. The molecule has 4 heteroatoms. The lowest BCUT2D eigenvalue weighted by Crippen LogP contribution is -2.41. The Labute approximate surface area is 170 Å². The number of carbonyl (C=O) groups excluding carboxylic acids is 1. The molecule has 1 aliphatic rings. The number of aliphatic hydroxyl groups excluding tert-OH is 1. The van der Waals surface area contributed by atoms with Gasteiger partial charge in [-0.2, -0.15) is 0 Å². The summed E-state index contributed by atoms with van der Waals surface area (Å²) in [5.74, 6) is 12.1. The van der Waals surface area contributed by atoms with Crippen molar-refractivity contribution in [2.45, 2.75) is 64.3 Å². The van der Waals surface area contributed by atoms with Crippen molar-refractivity contribution in [2.24, 2.45) is 0 Å². The van der Waals surface area contributed by atoms with E-state index in [0.717, 1.165) is 24.0 Å². The van der Waals surface area contributed by atoms with Crippen LogP contribution in [0.5, 0.6) is 0 Å². The lowest BCUT2D eigenvalue weighted by molar-refractivity contribution is -0.115. The molecule has 0 heterocycles. The minimum atomic E-state index is -2.11. The Morgan fingerprint density at radius 1 is 1.21 bits per heavy atom. The van der Waals surface area contributed by atoms with Crippen LogP contribution in [0.25, 0.3) is 0 Å². The van der Waals surface area contributed by atoms with Crippen LogP contribution in [0.4, 0.5) is 0 Å². The second kappa shape index (κ2) is 9.39. The van der Waals surface area contributed by atoms with E-state index in [1.54, 1.807) is 0 Å². The van der Waals surface area contributed by atoms with Gasteiger partial charge in [-0.15, -0.1) is 0 Å². The quantitative estimate of drug-likeness (QED) is 0.593. The number of rotatable bonds is 3. The van der Waals surface area contributed by atoms with Crippen LogP contribution in [0.15, 0.2) is 35.9 Å². The normalized spacial score (nSPS) is 15.6. The lowest BCUT2D eigenvalue weighted by Gasteiger charge is -2.38. The molecule has 3 nitrogen and oxygen atoms in total. The van der Waals surface area contributed by atoms with Gasteiger partial charge in [-0.1, -0.05) is 68.7 Å². The number of allylic oxidation sites excluding steroid dienone is 2. The molecule has 1 unspecified atom stereocenters. The Bertz CT molecular complexity index is 867. The van der Waals surface area contributed by atoms with Crippen molar-refractivity contribution in [1.82, 2.24) is 0 Å². The molecule has 0 bridgehead atoms. The van der Waals surface area contributed by atoms with Gasteiger partial charge in [0.05, 0.1) is 5.57 Å². The first kappa shape index (κ1) is 22.2. The highest BCUT2D eigenvalue weighted by atomic mass is 28.4. The number of aliphatic hydroxyl groups is 1. The fourth-order valence-electron chi connectivity index (χ4n) is 2.64. The van der Waals surface area contributed by atoms with E-state index in [2.05, 4.69) is 57.5 Å². The summed E-state index contributed by atoms with van der Waals surface area (Å²) in [4.78, 5) is 12.1. The molecule has 1 aromatic rings. The van der Waals surface area contributed by atoms with Crippen LogP contribution >= 0.6 is 0 Å². The van der Waals surface area contributed by atoms with Gasteiger partial charge in [0, 0.05) is 17.5 Å². The molecule has 1 aliphatic carbocycles. The van der Waals surface area contributed by atoms with Crippen molar-refractivity contribution in [1.29, 1.82) is 0 Å². The Balaban J connectivity index is 2.49. The molecule has 0 fully saturated rings. The third-order valence-corrected chi connectivity index (χ3v) is 9.80. The van der Waals surface area contributed by atoms with Crippen molar-refractivity contribution >= 4 is 14.1 Å². The average molecular weight is 395 g/mol.